The lowest BCUT2D eigenvalue weighted by atomic mass is 9.74. The van der Waals surface area contributed by atoms with Crippen LogP contribution >= 0.6 is 0 Å². The second kappa shape index (κ2) is 6.11. The molecule has 0 aliphatic carbocycles. The summed E-state index contributed by atoms with van der Waals surface area (Å²) >= 11 is 0. The summed E-state index contributed by atoms with van der Waals surface area (Å²) in [4.78, 5) is 2.63. The molecule has 0 saturated carbocycles. The second-order valence-corrected chi connectivity index (χ2v) is 7.50. The number of likely N-dealkylation sites (tertiary alicyclic amines) is 1. The van der Waals surface area contributed by atoms with Crippen LogP contribution in [0.1, 0.15) is 46.5 Å². The van der Waals surface area contributed by atoms with Crippen molar-refractivity contribution in [1.82, 2.24) is 10.2 Å². The predicted molar refractivity (Wildman–Crippen MR) is 80.5 cm³/mol. The topological polar surface area (TPSA) is 24.5 Å². The van der Waals surface area contributed by atoms with Crippen LogP contribution in [0.5, 0.6) is 0 Å². The molecule has 0 bridgehead atoms. The number of methoxy groups -OCH3 is 1. The van der Waals surface area contributed by atoms with Gasteiger partial charge in [0.15, 0.2) is 0 Å². The molecule has 0 aromatic rings. The fourth-order valence-electron chi connectivity index (χ4n) is 3.83. The Kier molecular flexibility index (Phi) is 4.91. The molecule has 19 heavy (non-hydrogen) atoms. The van der Waals surface area contributed by atoms with Gasteiger partial charge in [-0.15, -0.1) is 0 Å². The van der Waals surface area contributed by atoms with Crippen LogP contribution in [0.4, 0.5) is 0 Å². The van der Waals surface area contributed by atoms with Crippen molar-refractivity contribution in [3.8, 4) is 0 Å². The van der Waals surface area contributed by atoms with E-state index in [9.17, 15) is 0 Å². The molecule has 2 aliphatic heterocycles. The second-order valence-electron chi connectivity index (χ2n) is 7.50. The summed E-state index contributed by atoms with van der Waals surface area (Å²) in [7, 11) is 1.86. The Morgan fingerprint density at radius 3 is 2.79 bits per heavy atom. The summed E-state index contributed by atoms with van der Waals surface area (Å²) in [5, 5.41) is 3.56. The molecule has 2 heterocycles. The lowest BCUT2D eigenvalue weighted by Gasteiger charge is -2.45. The quantitative estimate of drug-likeness (QED) is 0.848. The highest BCUT2D eigenvalue weighted by Gasteiger charge is 2.36. The minimum atomic E-state index is 0.0686. The van der Waals surface area contributed by atoms with Gasteiger partial charge in [-0.3, -0.25) is 4.90 Å². The van der Waals surface area contributed by atoms with Gasteiger partial charge < -0.3 is 10.1 Å². The van der Waals surface area contributed by atoms with E-state index in [0.717, 1.165) is 12.5 Å². The lowest BCUT2D eigenvalue weighted by Crippen LogP contribution is -2.52. The maximum absolute atomic E-state index is 5.71. The largest absolute Gasteiger partial charge is 0.377 e. The first-order chi connectivity index (χ1) is 8.95. The monoisotopic (exact) mass is 268 g/mol. The van der Waals surface area contributed by atoms with E-state index >= 15 is 0 Å². The van der Waals surface area contributed by atoms with Gasteiger partial charge in [0.05, 0.1) is 5.60 Å². The Labute approximate surface area is 119 Å². The normalized spacial score (nSPS) is 34.4. The van der Waals surface area contributed by atoms with Gasteiger partial charge in [0.25, 0.3) is 0 Å². The highest BCUT2D eigenvalue weighted by atomic mass is 16.5. The zero-order valence-corrected chi connectivity index (χ0v) is 13.3. The van der Waals surface area contributed by atoms with Gasteiger partial charge in [-0.2, -0.15) is 0 Å². The van der Waals surface area contributed by atoms with Crippen molar-refractivity contribution in [2.45, 2.75) is 52.1 Å². The third kappa shape index (κ3) is 3.93. The van der Waals surface area contributed by atoms with Crippen LogP contribution in [0.3, 0.4) is 0 Å². The van der Waals surface area contributed by atoms with Crippen molar-refractivity contribution in [3.05, 3.63) is 0 Å². The first-order valence-corrected chi connectivity index (χ1v) is 7.93. The lowest BCUT2D eigenvalue weighted by molar-refractivity contribution is -0.0616. The van der Waals surface area contributed by atoms with Crippen molar-refractivity contribution in [3.63, 3.8) is 0 Å². The third-order valence-corrected chi connectivity index (χ3v) is 5.26. The van der Waals surface area contributed by atoms with Gasteiger partial charge in [-0.05, 0) is 63.6 Å². The molecule has 0 amide bonds. The van der Waals surface area contributed by atoms with E-state index in [1.54, 1.807) is 0 Å². The Bertz CT molecular complexity index is 286. The fourth-order valence-corrected chi connectivity index (χ4v) is 3.83. The van der Waals surface area contributed by atoms with E-state index in [2.05, 4.69) is 31.0 Å². The number of piperidine rings is 2. The summed E-state index contributed by atoms with van der Waals surface area (Å²) in [5.41, 5.74) is 0.471. The van der Waals surface area contributed by atoms with Gasteiger partial charge >= 0.3 is 0 Å². The van der Waals surface area contributed by atoms with Gasteiger partial charge in [0.1, 0.15) is 0 Å². The predicted octanol–water partition coefficient (Wildman–Crippen LogP) is 2.51. The fraction of sp³-hybridized carbons (Fsp3) is 1.00. The van der Waals surface area contributed by atoms with E-state index in [0.29, 0.717) is 5.41 Å². The molecule has 2 atom stereocenters. The molecule has 2 unspecified atom stereocenters. The number of rotatable bonds is 4. The molecule has 3 heteroatoms. The molecule has 3 nitrogen and oxygen atoms in total. The zero-order chi connectivity index (χ0) is 13.9. The van der Waals surface area contributed by atoms with E-state index in [1.165, 1.54) is 51.9 Å². The van der Waals surface area contributed by atoms with Crippen LogP contribution < -0.4 is 5.32 Å². The molecule has 2 aliphatic rings. The maximum Gasteiger partial charge on any atom is 0.0777 e. The van der Waals surface area contributed by atoms with Crippen molar-refractivity contribution < 1.29 is 4.74 Å². The number of nitrogens with one attached hydrogen (secondary N) is 1. The number of hydrogen-bond donors (Lipinski definition) is 1. The molecular weight excluding hydrogens is 236 g/mol. The van der Waals surface area contributed by atoms with Crippen LogP contribution in [-0.2, 0) is 4.74 Å². The van der Waals surface area contributed by atoms with Crippen LogP contribution in [0.15, 0.2) is 0 Å². The highest BCUT2D eigenvalue weighted by Crippen LogP contribution is 2.34. The minimum Gasteiger partial charge on any atom is -0.377 e. The van der Waals surface area contributed by atoms with Crippen molar-refractivity contribution in [2.24, 2.45) is 11.3 Å². The van der Waals surface area contributed by atoms with Crippen LogP contribution in [0, 0.1) is 11.3 Å². The number of nitrogens with zero attached hydrogens (tertiary/aromatic N) is 1. The summed E-state index contributed by atoms with van der Waals surface area (Å²) < 4.78 is 5.71. The highest BCUT2D eigenvalue weighted by molar-refractivity contribution is 4.90. The van der Waals surface area contributed by atoms with E-state index in [1.807, 2.05) is 7.11 Å². The minimum absolute atomic E-state index is 0.0686. The van der Waals surface area contributed by atoms with E-state index < -0.39 is 0 Å². The Balaban J connectivity index is 1.91. The van der Waals surface area contributed by atoms with Crippen molar-refractivity contribution >= 4 is 0 Å². The zero-order valence-electron chi connectivity index (χ0n) is 13.3. The molecule has 0 spiro atoms. The Morgan fingerprint density at radius 1 is 1.37 bits per heavy atom. The van der Waals surface area contributed by atoms with Crippen LogP contribution in [0.2, 0.25) is 0 Å². The molecule has 2 saturated heterocycles. The first-order valence-electron chi connectivity index (χ1n) is 7.93. The average molecular weight is 268 g/mol. The van der Waals surface area contributed by atoms with Crippen LogP contribution in [-0.4, -0.2) is 50.3 Å². The molecule has 2 rings (SSSR count). The standard InChI is InChI=1S/C16H32N2O/c1-15(2,14-7-5-9-17-11-14)12-18-10-6-8-16(3,13-18)19-4/h14,17H,5-13H2,1-4H3. The maximum atomic E-state index is 5.71. The van der Waals surface area contributed by atoms with E-state index in [4.69, 9.17) is 4.74 Å². The van der Waals surface area contributed by atoms with Crippen molar-refractivity contribution in [1.29, 1.82) is 0 Å². The third-order valence-electron chi connectivity index (χ3n) is 5.26. The summed E-state index contributed by atoms with van der Waals surface area (Å²) in [5.74, 6) is 0.817. The molecule has 2 fully saturated rings. The van der Waals surface area contributed by atoms with E-state index in [-0.39, 0.29) is 5.60 Å². The average Bonchev–Trinajstić information content (AvgIpc) is 2.39. The first kappa shape index (κ1) is 15.3. The molecule has 0 aromatic carbocycles. The molecular formula is C16H32N2O. The summed E-state index contributed by atoms with van der Waals surface area (Å²) in [6.07, 6.45) is 5.19. The van der Waals surface area contributed by atoms with Gasteiger partial charge in [0, 0.05) is 20.2 Å². The summed E-state index contributed by atoms with van der Waals surface area (Å²) in [6, 6.07) is 0. The van der Waals surface area contributed by atoms with Gasteiger partial charge in [-0.25, -0.2) is 0 Å². The van der Waals surface area contributed by atoms with Gasteiger partial charge in [0.2, 0.25) is 0 Å². The number of hydrogen-bond acceptors (Lipinski definition) is 3. The molecule has 112 valence electrons. The smallest absolute Gasteiger partial charge is 0.0777 e. The van der Waals surface area contributed by atoms with Gasteiger partial charge in [-0.1, -0.05) is 13.8 Å². The van der Waals surface area contributed by atoms with Crippen molar-refractivity contribution in [2.75, 3.05) is 39.8 Å². The summed E-state index contributed by atoms with van der Waals surface area (Å²) in [6.45, 7) is 13.1. The molecule has 1 N–H and O–H groups in total. The van der Waals surface area contributed by atoms with Crippen LogP contribution in [0.25, 0.3) is 0 Å². The Morgan fingerprint density at radius 2 is 2.16 bits per heavy atom. The Hall–Kier alpha value is -0.120. The number of ether oxygens (including phenoxy) is 1. The molecule has 0 aromatic heterocycles. The SMILES string of the molecule is COC1(C)CCCN(CC(C)(C)C2CCCNC2)C1. The molecule has 0 radical (unpaired) electrons.